The molecule has 0 fully saturated rings. The molecule has 0 saturated carbocycles. The molecule has 32 heavy (non-hydrogen) atoms. The molecule has 0 unspecified atom stereocenters. The molecule has 2 N–H and O–H groups in total. The summed E-state index contributed by atoms with van der Waals surface area (Å²) in [6.07, 6.45) is 1.37. The van der Waals surface area contributed by atoms with Gasteiger partial charge in [-0.25, -0.2) is 0 Å². The van der Waals surface area contributed by atoms with E-state index in [1.807, 2.05) is 60.7 Å². The lowest BCUT2D eigenvalue weighted by Gasteiger charge is -2.11. The van der Waals surface area contributed by atoms with E-state index in [4.69, 9.17) is 0 Å². The van der Waals surface area contributed by atoms with Crippen LogP contribution in [0.5, 0.6) is 0 Å². The van der Waals surface area contributed by atoms with Crippen LogP contribution in [-0.4, -0.2) is 16.7 Å². The molecular weight excluding hydrogens is 406 g/mol. The Hall–Kier alpha value is -4.26. The summed E-state index contributed by atoms with van der Waals surface area (Å²) in [4.78, 5) is 36.6. The van der Waals surface area contributed by atoms with Crippen LogP contribution in [0.1, 0.15) is 22.3 Å². The molecule has 7 heteroatoms. The van der Waals surface area contributed by atoms with Gasteiger partial charge >= 0.3 is 0 Å². The van der Waals surface area contributed by atoms with Gasteiger partial charge in [-0.2, -0.15) is 0 Å². The van der Waals surface area contributed by atoms with Gasteiger partial charge in [-0.05, 0) is 29.7 Å². The number of benzene rings is 3. The third kappa shape index (κ3) is 6.12. The molecule has 0 aromatic heterocycles. The van der Waals surface area contributed by atoms with Crippen LogP contribution in [0.2, 0.25) is 0 Å². The minimum atomic E-state index is -0.567. The van der Waals surface area contributed by atoms with E-state index in [2.05, 4.69) is 10.6 Å². The maximum atomic E-state index is 12.9. The number of nitro groups is 1. The summed E-state index contributed by atoms with van der Waals surface area (Å²) in [6.45, 7) is 2.12. The summed E-state index contributed by atoms with van der Waals surface area (Å²) < 4.78 is 0. The van der Waals surface area contributed by atoms with E-state index < -0.39 is 16.7 Å². The lowest BCUT2D eigenvalue weighted by Crippen LogP contribution is -2.34. The summed E-state index contributed by atoms with van der Waals surface area (Å²) in [6, 6.07) is 23.2. The van der Waals surface area contributed by atoms with Crippen LogP contribution in [0.25, 0.3) is 6.08 Å². The Labute approximate surface area is 185 Å². The highest BCUT2D eigenvalue weighted by molar-refractivity contribution is 6.21. The number of nitrogens with one attached hydrogen (secondary N) is 2. The topological polar surface area (TPSA) is 101 Å². The second-order valence-electron chi connectivity index (χ2n) is 7.20. The predicted molar refractivity (Wildman–Crippen MR) is 122 cm³/mol. The van der Waals surface area contributed by atoms with Gasteiger partial charge < -0.3 is 10.6 Å². The molecule has 3 aromatic rings. The molecule has 0 saturated heterocycles. The summed E-state index contributed by atoms with van der Waals surface area (Å²) in [5.41, 5.74) is 2.45. The quantitative estimate of drug-likeness (QED) is 0.186. The van der Waals surface area contributed by atoms with Crippen LogP contribution in [0.15, 0.2) is 84.4 Å². The Morgan fingerprint density at radius 1 is 0.844 bits per heavy atom. The Balaban J connectivity index is 1.84. The fourth-order valence-electron chi connectivity index (χ4n) is 3.06. The second kappa shape index (κ2) is 10.7. The average molecular weight is 429 g/mol. The van der Waals surface area contributed by atoms with Gasteiger partial charge in [0.2, 0.25) is 0 Å². The lowest BCUT2D eigenvalue weighted by molar-refractivity contribution is -0.385. The molecule has 7 nitrogen and oxygen atoms in total. The highest BCUT2D eigenvalue weighted by Gasteiger charge is 2.19. The van der Waals surface area contributed by atoms with Crippen LogP contribution in [0.3, 0.4) is 0 Å². The van der Waals surface area contributed by atoms with Gasteiger partial charge in [-0.3, -0.25) is 19.7 Å². The van der Waals surface area contributed by atoms with E-state index in [1.165, 1.54) is 12.1 Å². The number of nitro benzene ring substituents is 1. The number of nitrogens with zero attached hydrogens (tertiary/aromatic N) is 1. The van der Waals surface area contributed by atoms with Gasteiger partial charge in [-0.15, -0.1) is 0 Å². The van der Waals surface area contributed by atoms with Gasteiger partial charge in [0.05, 0.1) is 4.92 Å². The van der Waals surface area contributed by atoms with E-state index in [1.54, 1.807) is 19.1 Å². The zero-order valence-corrected chi connectivity index (χ0v) is 17.6. The Morgan fingerprint density at radius 2 is 1.34 bits per heavy atom. The van der Waals surface area contributed by atoms with Crippen LogP contribution < -0.4 is 10.6 Å². The Bertz CT molecular complexity index is 1080. The van der Waals surface area contributed by atoms with Crippen molar-refractivity contribution in [1.82, 2.24) is 10.6 Å². The first kappa shape index (κ1) is 22.4. The van der Waals surface area contributed by atoms with Crippen molar-refractivity contribution in [2.45, 2.75) is 20.0 Å². The molecular formula is C25H23N3O4. The summed E-state index contributed by atoms with van der Waals surface area (Å²) in [5, 5.41) is 16.8. The Kier molecular flexibility index (Phi) is 7.48. The summed E-state index contributed by atoms with van der Waals surface area (Å²) >= 11 is 0. The van der Waals surface area contributed by atoms with Crippen LogP contribution in [0.4, 0.5) is 5.69 Å². The smallest absolute Gasteiger partial charge is 0.272 e. The average Bonchev–Trinajstić information content (AvgIpc) is 2.81. The van der Waals surface area contributed by atoms with Crippen molar-refractivity contribution in [3.63, 3.8) is 0 Å². The molecule has 2 amide bonds. The van der Waals surface area contributed by atoms with Crippen LogP contribution in [0, 0.1) is 17.0 Å². The molecule has 0 aliphatic heterocycles. The fraction of sp³-hybridized carbons (Fsp3) is 0.120. The molecule has 0 bridgehead atoms. The maximum absolute atomic E-state index is 12.9. The van der Waals surface area contributed by atoms with E-state index in [0.29, 0.717) is 11.1 Å². The van der Waals surface area contributed by atoms with Gasteiger partial charge in [-0.1, -0.05) is 72.8 Å². The highest BCUT2D eigenvalue weighted by atomic mass is 16.6. The maximum Gasteiger partial charge on any atom is 0.272 e. The molecule has 0 radical (unpaired) electrons. The molecule has 0 aliphatic rings. The lowest BCUT2D eigenvalue weighted by atomic mass is 10.1. The first-order chi connectivity index (χ1) is 15.4. The van der Waals surface area contributed by atoms with Gasteiger partial charge in [0.25, 0.3) is 17.5 Å². The monoisotopic (exact) mass is 429 g/mol. The minimum Gasteiger partial charge on any atom is -0.348 e. The first-order valence-electron chi connectivity index (χ1n) is 10.0. The molecule has 3 rings (SSSR count). The second-order valence-corrected chi connectivity index (χ2v) is 7.20. The predicted octanol–water partition coefficient (Wildman–Crippen LogP) is 3.92. The first-order valence-corrected chi connectivity index (χ1v) is 10.0. The van der Waals surface area contributed by atoms with Crippen molar-refractivity contribution in [3.8, 4) is 0 Å². The standard InChI is InChI=1S/C25H23N3O4/c1-18-12-13-21(15-23(18)28(31)32)14-22(24(29)26-16-19-8-4-2-5-9-19)25(30)27-17-20-10-6-3-7-11-20/h2-15H,16-17H2,1H3,(H,26,29)(H,27,30). The number of carbonyl (C=O) groups excluding carboxylic acids is 2. The normalized spacial score (nSPS) is 10.2. The number of rotatable bonds is 8. The molecule has 0 heterocycles. The SMILES string of the molecule is Cc1ccc(C=C(C(=O)NCc2ccccc2)C(=O)NCc2ccccc2)cc1[N+](=O)[O-]. The highest BCUT2D eigenvalue weighted by Crippen LogP contribution is 2.21. The fourth-order valence-corrected chi connectivity index (χ4v) is 3.06. The third-order valence-corrected chi connectivity index (χ3v) is 4.82. The van der Waals surface area contributed by atoms with Gasteiger partial charge in [0.1, 0.15) is 5.57 Å². The molecule has 0 atom stereocenters. The molecule has 0 aliphatic carbocycles. The summed E-state index contributed by atoms with van der Waals surface area (Å²) in [5.74, 6) is -1.13. The summed E-state index contributed by atoms with van der Waals surface area (Å²) in [7, 11) is 0. The third-order valence-electron chi connectivity index (χ3n) is 4.82. The van der Waals surface area contributed by atoms with E-state index in [-0.39, 0.29) is 24.4 Å². The van der Waals surface area contributed by atoms with Gasteiger partial charge in [0, 0.05) is 24.7 Å². The Morgan fingerprint density at radius 3 is 1.81 bits per heavy atom. The van der Waals surface area contributed by atoms with Crippen molar-refractivity contribution in [2.24, 2.45) is 0 Å². The zero-order valence-electron chi connectivity index (χ0n) is 17.6. The molecule has 162 valence electrons. The largest absolute Gasteiger partial charge is 0.348 e. The van der Waals surface area contributed by atoms with Crippen molar-refractivity contribution in [2.75, 3.05) is 0 Å². The van der Waals surface area contributed by atoms with E-state index in [9.17, 15) is 19.7 Å². The number of hydrogen-bond donors (Lipinski definition) is 2. The number of hydrogen-bond acceptors (Lipinski definition) is 4. The molecule has 3 aromatic carbocycles. The van der Waals surface area contributed by atoms with Crippen LogP contribution in [-0.2, 0) is 22.7 Å². The van der Waals surface area contributed by atoms with Crippen molar-refractivity contribution < 1.29 is 14.5 Å². The number of aryl methyl sites for hydroxylation is 1. The van der Waals surface area contributed by atoms with Gasteiger partial charge in [0.15, 0.2) is 0 Å². The molecule has 0 spiro atoms. The minimum absolute atomic E-state index is 0.0764. The van der Waals surface area contributed by atoms with E-state index in [0.717, 1.165) is 11.1 Å². The number of amides is 2. The van der Waals surface area contributed by atoms with Crippen molar-refractivity contribution in [1.29, 1.82) is 0 Å². The van der Waals surface area contributed by atoms with E-state index >= 15 is 0 Å². The van der Waals surface area contributed by atoms with Crippen molar-refractivity contribution >= 4 is 23.6 Å². The van der Waals surface area contributed by atoms with Crippen LogP contribution >= 0.6 is 0 Å². The van der Waals surface area contributed by atoms with Crippen molar-refractivity contribution in [3.05, 3.63) is 117 Å². The number of carbonyl (C=O) groups is 2. The zero-order chi connectivity index (χ0) is 22.9.